The standard InChI is InChI=1S/C21H19FN2O3/c1-14-4-2-3-5-18(14)21(27)23-24-17(11-13-20(25)26)10-12-19(24)15-6-8-16(22)9-7-15/h2-10,12H,11,13H2,1H3,(H,23,27)(H,25,26). The first kappa shape index (κ1) is 18.4. The number of rotatable bonds is 6. The van der Waals surface area contributed by atoms with Crippen molar-refractivity contribution in [1.82, 2.24) is 4.68 Å². The summed E-state index contributed by atoms with van der Waals surface area (Å²) < 4.78 is 14.8. The number of carboxylic acid groups (broad SMARTS) is 1. The molecule has 0 saturated heterocycles. The van der Waals surface area contributed by atoms with Crippen LogP contribution in [0.25, 0.3) is 11.3 Å². The molecule has 27 heavy (non-hydrogen) atoms. The minimum Gasteiger partial charge on any atom is -0.481 e. The molecular formula is C21H19FN2O3. The lowest BCUT2D eigenvalue weighted by atomic mass is 10.1. The van der Waals surface area contributed by atoms with Crippen LogP contribution in [-0.2, 0) is 11.2 Å². The zero-order chi connectivity index (χ0) is 19.4. The predicted molar refractivity (Wildman–Crippen MR) is 101 cm³/mol. The fourth-order valence-corrected chi connectivity index (χ4v) is 2.88. The summed E-state index contributed by atoms with van der Waals surface area (Å²) in [6.07, 6.45) is 0.192. The summed E-state index contributed by atoms with van der Waals surface area (Å²) in [5.74, 6) is -1.58. The summed E-state index contributed by atoms with van der Waals surface area (Å²) in [5.41, 5.74) is 6.22. The van der Waals surface area contributed by atoms with Crippen molar-refractivity contribution in [3.05, 3.63) is 83.3 Å². The van der Waals surface area contributed by atoms with Gasteiger partial charge in [-0.2, -0.15) is 0 Å². The smallest absolute Gasteiger partial charge is 0.303 e. The number of nitrogens with zero attached hydrogens (tertiary/aromatic N) is 1. The van der Waals surface area contributed by atoms with Crippen LogP contribution in [0, 0.1) is 12.7 Å². The lowest BCUT2D eigenvalue weighted by Gasteiger charge is -2.16. The van der Waals surface area contributed by atoms with Gasteiger partial charge in [-0.1, -0.05) is 18.2 Å². The molecule has 2 aromatic carbocycles. The largest absolute Gasteiger partial charge is 0.481 e. The van der Waals surface area contributed by atoms with Crippen LogP contribution in [0.4, 0.5) is 4.39 Å². The Morgan fingerprint density at radius 2 is 1.74 bits per heavy atom. The van der Waals surface area contributed by atoms with Gasteiger partial charge in [0.05, 0.1) is 12.1 Å². The van der Waals surface area contributed by atoms with Gasteiger partial charge in [-0.3, -0.25) is 19.7 Å². The van der Waals surface area contributed by atoms with E-state index in [1.54, 1.807) is 41.1 Å². The monoisotopic (exact) mass is 366 g/mol. The van der Waals surface area contributed by atoms with Crippen molar-refractivity contribution in [2.24, 2.45) is 0 Å². The van der Waals surface area contributed by atoms with Crippen molar-refractivity contribution in [2.45, 2.75) is 19.8 Å². The zero-order valence-corrected chi connectivity index (χ0v) is 14.8. The molecule has 0 saturated carbocycles. The second-order valence-corrected chi connectivity index (χ2v) is 6.20. The zero-order valence-electron chi connectivity index (χ0n) is 14.8. The number of aryl methyl sites for hydroxylation is 2. The molecule has 0 unspecified atom stereocenters. The maximum absolute atomic E-state index is 13.3. The molecule has 3 rings (SSSR count). The summed E-state index contributed by atoms with van der Waals surface area (Å²) in [4.78, 5) is 23.7. The van der Waals surface area contributed by atoms with E-state index in [0.717, 1.165) is 5.56 Å². The van der Waals surface area contributed by atoms with E-state index in [4.69, 9.17) is 5.11 Å². The number of carbonyl (C=O) groups excluding carboxylic acids is 1. The lowest BCUT2D eigenvalue weighted by molar-refractivity contribution is -0.136. The molecule has 0 aliphatic heterocycles. The molecule has 6 heteroatoms. The van der Waals surface area contributed by atoms with Crippen LogP contribution in [0.2, 0.25) is 0 Å². The van der Waals surface area contributed by atoms with Gasteiger partial charge in [0.25, 0.3) is 5.91 Å². The molecule has 0 atom stereocenters. The molecule has 1 amide bonds. The number of hydrogen-bond donors (Lipinski definition) is 2. The Hall–Kier alpha value is -3.41. The third-order valence-electron chi connectivity index (χ3n) is 4.30. The van der Waals surface area contributed by atoms with Crippen LogP contribution in [0.15, 0.2) is 60.7 Å². The van der Waals surface area contributed by atoms with Gasteiger partial charge < -0.3 is 5.11 Å². The van der Waals surface area contributed by atoms with Gasteiger partial charge in [0, 0.05) is 23.2 Å². The maximum atomic E-state index is 13.3. The van der Waals surface area contributed by atoms with E-state index in [-0.39, 0.29) is 24.6 Å². The minimum absolute atomic E-state index is 0.0624. The van der Waals surface area contributed by atoms with Crippen molar-refractivity contribution in [2.75, 3.05) is 5.43 Å². The SMILES string of the molecule is Cc1ccccc1C(=O)Nn1c(CCC(=O)O)ccc1-c1ccc(F)cc1. The van der Waals surface area contributed by atoms with Crippen LogP contribution >= 0.6 is 0 Å². The molecular weight excluding hydrogens is 347 g/mol. The Morgan fingerprint density at radius 3 is 2.41 bits per heavy atom. The van der Waals surface area contributed by atoms with Gasteiger partial charge in [0.1, 0.15) is 5.82 Å². The fraction of sp³-hybridized carbons (Fsp3) is 0.143. The van der Waals surface area contributed by atoms with E-state index in [2.05, 4.69) is 5.43 Å². The summed E-state index contributed by atoms with van der Waals surface area (Å²) in [5, 5.41) is 8.98. The van der Waals surface area contributed by atoms with E-state index in [1.807, 2.05) is 19.1 Å². The molecule has 0 fully saturated rings. The highest BCUT2D eigenvalue weighted by Gasteiger charge is 2.16. The molecule has 3 aromatic rings. The van der Waals surface area contributed by atoms with E-state index in [0.29, 0.717) is 22.5 Å². The average molecular weight is 366 g/mol. The summed E-state index contributed by atoms with van der Waals surface area (Å²) in [6.45, 7) is 1.84. The Balaban J connectivity index is 1.98. The molecule has 0 spiro atoms. The molecule has 0 radical (unpaired) electrons. The number of hydrogen-bond acceptors (Lipinski definition) is 2. The predicted octanol–water partition coefficient (Wildman–Crippen LogP) is 4.00. The highest BCUT2D eigenvalue weighted by molar-refractivity contribution is 6.01. The Labute approximate surface area is 156 Å². The highest BCUT2D eigenvalue weighted by atomic mass is 19.1. The second-order valence-electron chi connectivity index (χ2n) is 6.20. The van der Waals surface area contributed by atoms with Crippen molar-refractivity contribution >= 4 is 11.9 Å². The van der Waals surface area contributed by atoms with Gasteiger partial charge in [-0.25, -0.2) is 4.39 Å². The number of benzene rings is 2. The highest BCUT2D eigenvalue weighted by Crippen LogP contribution is 2.23. The molecule has 2 N–H and O–H groups in total. The molecule has 1 heterocycles. The number of carboxylic acids is 1. The third kappa shape index (κ3) is 4.23. The molecule has 0 aliphatic rings. The van der Waals surface area contributed by atoms with Crippen molar-refractivity contribution < 1.29 is 19.1 Å². The first-order valence-electron chi connectivity index (χ1n) is 8.51. The van der Waals surface area contributed by atoms with Crippen LogP contribution < -0.4 is 5.43 Å². The van der Waals surface area contributed by atoms with E-state index in [1.165, 1.54) is 12.1 Å². The van der Waals surface area contributed by atoms with Gasteiger partial charge in [-0.15, -0.1) is 0 Å². The molecule has 0 bridgehead atoms. The Morgan fingerprint density at radius 1 is 1.04 bits per heavy atom. The van der Waals surface area contributed by atoms with E-state index < -0.39 is 5.97 Å². The first-order chi connectivity index (χ1) is 13.0. The third-order valence-corrected chi connectivity index (χ3v) is 4.30. The lowest BCUT2D eigenvalue weighted by Crippen LogP contribution is -2.26. The number of nitrogens with one attached hydrogen (secondary N) is 1. The molecule has 1 aromatic heterocycles. The summed E-state index contributed by atoms with van der Waals surface area (Å²) >= 11 is 0. The maximum Gasteiger partial charge on any atom is 0.303 e. The average Bonchev–Trinajstić information content (AvgIpc) is 3.03. The number of carbonyl (C=O) groups is 2. The summed E-state index contributed by atoms with van der Waals surface area (Å²) in [6, 6.07) is 16.7. The van der Waals surface area contributed by atoms with Crippen LogP contribution in [-0.4, -0.2) is 21.7 Å². The second kappa shape index (κ2) is 7.86. The van der Waals surface area contributed by atoms with Crippen LogP contribution in [0.3, 0.4) is 0 Å². The van der Waals surface area contributed by atoms with Crippen molar-refractivity contribution in [1.29, 1.82) is 0 Å². The van der Waals surface area contributed by atoms with Crippen molar-refractivity contribution in [3.63, 3.8) is 0 Å². The molecule has 0 aliphatic carbocycles. The molecule has 138 valence electrons. The normalized spacial score (nSPS) is 10.6. The van der Waals surface area contributed by atoms with Gasteiger partial charge in [0.2, 0.25) is 0 Å². The van der Waals surface area contributed by atoms with Crippen molar-refractivity contribution in [3.8, 4) is 11.3 Å². The minimum atomic E-state index is -0.920. The van der Waals surface area contributed by atoms with Crippen LogP contribution in [0.1, 0.15) is 28.0 Å². The Kier molecular flexibility index (Phi) is 5.35. The number of aliphatic carboxylic acids is 1. The van der Waals surface area contributed by atoms with Crippen LogP contribution in [0.5, 0.6) is 0 Å². The quantitative estimate of drug-likeness (QED) is 0.693. The first-order valence-corrected chi connectivity index (χ1v) is 8.51. The number of halogens is 1. The van der Waals surface area contributed by atoms with E-state index >= 15 is 0 Å². The van der Waals surface area contributed by atoms with E-state index in [9.17, 15) is 14.0 Å². The number of aromatic nitrogens is 1. The van der Waals surface area contributed by atoms with Gasteiger partial charge in [0.15, 0.2) is 0 Å². The molecule has 5 nitrogen and oxygen atoms in total. The fourth-order valence-electron chi connectivity index (χ4n) is 2.88. The Bertz CT molecular complexity index is 977. The topological polar surface area (TPSA) is 71.3 Å². The summed E-state index contributed by atoms with van der Waals surface area (Å²) in [7, 11) is 0. The van der Waals surface area contributed by atoms with Gasteiger partial charge >= 0.3 is 5.97 Å². The number of amides is 1. The van der Waals surface area contributed by atoms with Gasteiger partial charge in [-0.05, 0) is 55.0 Å².